The maximum Gasteiger partial charge on any atom is 0.330 e. The molecule has 0 unspecified atom stereocenters. The Bertz CT molecular complexity index is 1510. The van der Waals surface area contributed by atoms with Crippen molar-refractivity contribution in [1.29, 1.82) is 0 Å². The molecule has 4 aromatic rings. The lowest BCUT2D eigenvalue weighted by Gasteiger charge is -2.10. The van der Waals surface area contributed by atoms with E-state index in [1.165, 1.54) is 22.9 Å². The summed E-state index contributed by atoms with van der Waals surface area (Å²) in [6.07, 6.45) is 4.81. The van der Waals surface area contributed by atoms with E-state index in [-0.39, 0.29) is 22.6 Å². The fourth-order valence-electron chi connectivity index (χ4n) is 3.62. The van der Waals surface area contributed by atoms with Gasteiger partial charge in [0.25, 0.3) is 17.0 Å². The molecule has 1 amide bonds. The molecule has 1 aliphatic rings. The summed E-state index contributed by atoms with van der Waals surface area (Å²) < 4.78 is 3.07. The van der Waals surface area contributed by atoms with Crippen LogP contribution in [0.2, 0.25) is 0 Å². The van der Waals surface area contributed by atoms with E-state index in [0.717, 1.165) is 18.4 Å². The highest BCUT2D eigenvalue weighted by Crippen LogP contribution is 2.34. The van der Waals surface area contributed by atoms with Crippen LogP contribution in [-0.4, -0.2) is 25.0 Å². The molecule has 0 spiro atoms. The number of hydrogen-bond acceptors (Lipinski definition) is 5. The summed E-state index contributed by atoms with van der Waals surface area (Å²) in [6.45, 7) is 0.425. The van der Waals surface area contributed by atoms with Crippen LogP contribution < -0.4 is 22.1 Å². The van der Waals surface area contributed by atoms with Gasteiger partial charge in [-0.05, 0) is 42.7 Å². The highest BCUT2D eigenvalue weighted by atomic mass is 16.2. The molecule has 0 saturated heterocycles. The third kappa shape index (κ3) is 3.76. The Morgan fingerprint density at radius 3 is 2.59 bits per heavy atom. The Morgan fingerprint density at radius 1 is 1.09 bits per heavy atom. The molecule has 2 N–H and O–H groups in total. The second-order valence-corrected chi connectivity index (χ2v) is 7.77. The van der Waals surface area contributed by atoms with Gasteiger partial charge in [0, 0.05) is 30.2 Å². The molecule has 1 saturated carbocycles. The van der Waals surface area contributed by atoms with Gasteiger partial charge >= 0.3 is 5.69 Å². The Morgan fingerprint density at radius 2 is 1.88 bits per heavy atom. The number of rotatable bonds is 5. The van der Waals surface area contributed by atoms with Crippen molar-refractivity contribution in [2.24, 2.45) is 0 Å². The molecule has 9 heteroatoms. The lowest BCUT2D eigenvalue weighted by atomic mass is 10.2. The summed E-state index contributed by atoms with van der Waals surface area (Å²) in [5.74, 6) is -0.421. The van der Waals surface area contributed by atoms with E-state index in [1.807, 2.05) is 12.1 Å². The van der Waals surface area contributed by atoms with Crippen LogP contribution in [0.25, 0.3) is 11.0 Å². The molecule has 3 heterocycles. The fourth-order valence-corrected chi connectivity index (χ4v) is 3.62. The first-order valence-corrected chi connectivity index (χ1v) is 10.2. The molecule has 0 aliphatic heterocycles. The number of pyridine rings is 2. The van der Waals surface area contributed by atoms with Crippen molar-refractivity contribution in [3.63, 3.8) is 0 Å². The number of nitrogens with zero attached hydrogens (tertiary/aromatic N) is 3. The molecule has 9 nitrogen and oxygen atoms in total. The number of H-pyrrole nitrogens is 1. The fraction of sp³-hybridized carbons (Fsp3) is 0.174. The topological polar surface area (TPSA) is 119 Å². The second-order valence-electron chi connectivity index (χ2n) is 7.77. The van der Waals surface area contributed by atoms with E-state index in [0.29, 0.717) is 17.9 Å². The number of hydrogen-bond donors (Lipinski definition) is 2. The van der Waals surface area contributed by atoms with Crippen LogP contribution in [0.1, 0.15) is 34.8 Å². The predicted octanol–water partition coefficient (Wildman–Crippen LogP) is 1.88. The highest BCUT2D eigenvalue weighted by molar-refractivity contribution is 6.05. The van der Waals surface area contributed by atoms with Crippen LogP contribution in [0.5, 0.6) is 0 Å². The number of carbonyl (C=O) groups is 1. The smallest absolute Gasteiger partial charge is 0.322 e. The highest BCUT2D eigenvalue weighted by Gasteiger charge is 2.27. The van der Waals surface area contributed by atoms with Crippen LogP contribution in [0.3, 0.4) is 0 Å². The number of carbonyl (C=O) groups excluding carboxylic acids is 1. The number of benzene rings is 1. The zero-order valence-corrected chi connectivity index (χ0v) is 16.9. The first kappa shape index (κ1) is 19.7. The van der Waals surface area contributed by atoms with Gasteiger partial charge in [0.2, 0.25) is 0 Å². The molecule has 160 valence electrons. The first-order chi connectivity index (χ1) is 15.5. The summed E-state index contributed by atoms with van der Waals surface area (Å²) in [5.41, 5.74) is 0.847. The normalized spacial score (nSPS) is 13.2. The van der Waals surface area contributed by atoms with Gasteiger partial charge < -0.3 is 9.88 Å². The molecule has 0 bridgehead atoms. The van der Waals surface area contributed by atoms with Crippen LogP contribution in [0.4, 0.5) is 5.69 Å². The first-order valence-electron chi connectivity index (χ1n) is 10.2. The Hall–Kier alpha value is -4.27. The SMILES string of the molecule is O=C(Nc1ccc(Cn2ccccc2=O)cc1)c1cnc2c(c1)c(=O)[nH]c(=O)n2C1CC1. The third-order valence-corrected chi connectivity index (χ3v) is 5.42. The largest absolute Gasteiger partial charge is 0.330 e. The maximum atomic E-state index is 12.7. The van der Waals surface area contributed by atoms with Gasteiger partial charge in [0.05, 0.1) is 17.5 Å². The monoisotopic (exact) mass is 429 g/mol. The summed E-state index contributed by atoms with van der Waals surface area (Å²) in [5, 5.41) is 2.98. The van der Waals surface area contributed by atoms with Crippen LogP contribution in [0, 0.1) is 0 Å². The molecule has 1 aliphatic carbocycles. The summed E-state index contributed by atoms with van der Waals surface area (Å²) in [6, 6.07) is 13.6. The van der Waals surface area contributed by atoms with E-state index < -0.39 is 17.2 Å². The summed E-state index contributed by atoms with van der Waals surface area (Å²) in [7, 11) is 0. The maximum absolute atomic E-state index is 12.7. The molecule has 32 heavy (non-hydrogen) atoms. The molecule has 1 aromatic carbocycles. The number of fused-ring (bicyclic) bond motifs is 1. The van der Waals surface area contributed by atoms with Gasteiger partial charge in [0.1, 0.15) is 5.65 Å². The van der Waals surface area contributed by atoms with Gasteiger partial charge in [0.15, 0.2) is 0 Å². The van der Waals surface area contributed by atoms with E-state index in [2.05, 4.69) is 15.3 Å². The second kappa shape index (κ2) is 7.77. The van der Waals surface area contributed by atoms with Crippen molar-refractivity contribution < 1.29 is 4.79 Å². The van der Waals surface area contributed by atoms with Gasteiger partial charge in [-0.25, -0.2) is 9.78 Å². The van der Waals surface area contributed by atoms with Crippen molar-refractivity contribution in [3.8, 4) is 0 Å². The number of aromatic amines is 1. The van der Waals surface area contributed by atoms with Gasteiger partial charge in [-0.2, -0.15) is 0 Å². The lowest BCUT2D eigenvalue weighted by Crippen LogP contribution is -2.30. The van der Waals surface area contributed by atoms with Gasteiger partial charge in [-0.1, -0.05) is 18.2 Å². The number of amides is 1. The Labute approximate surface area is 181 Å². The molecule has 1 fully saturated rings. The zero-order valence-electron chi connectivity index (χ0n) is 16.9. The molecule has 0 radical (unpaired) electrons. The average Bonchev–Trinajstić information content (AvgIpc) is 3.61. The minimum absolute atomic E-state index is 0.0410. The van der Waals surface area contributed by atoms with E-state index in [9.17, 15) is 19.2 Å². The van der Waals surface area contributed by atoms with E-state index in [1.54, 1.807) is 35.0 Å². The third-order valence-electron chi connectivity index (χ3n) is 5.42. The van der Waals surface area contributed by atoms with E-state index >= 15 is 0 Å². The van der Waals surface area contributed by atoms with Crippen molar-refractivity contribution in [2.45, 2.75) is 25.4 Å². The van der Waals surface area contributed by atoms with Gasteiger partial charge in [-0.3, -0.25) is 23.9 Å². The minimum Gasteiger partial charge on any atom is -0.322 e. The minimum atomic E-state index is -0.565. The van der Waals surface area contributed by atoms with Crippen LogP contribution >= 0.6 is 0 Å². The lowest BCUT2D eigenvalue weighted by molar-refractivity contribution is 0.102. The number of aromatic nitrogens is 4. The van der Waals surface area contributed by atoms with Crippen molar-refractivity contribution in [2.75, 3.05) is 5.32 Å². The summed E-state index contributed by atoms with van der Waals surface area (Å²) in [4.78, 5) is 55.5. The predicted molar refractivity (Wildman–Crippen MR) is 119 cm³/mol. The molecular formula is C23H19N5O4. The Balaban J connectivity index is 1.37. The summed E-state index contributed by atoms with van der Waals surface area (Å²) >= 11 is 0. The van der Waals surface area contributed by atoms with Gasteiger partial charge in [-0.15, -0.1) is 0 Å². The van der Waals surface area contributed by atoms with Crippen molar-refractivity contribution in [1.82, 2.24) is 19.1 Å². The quantitative estimate of drug-likeness (QED) is 0.502. The number of anilines is 1. The standard InChI is InChI=1S/C23H19N5O4/c29-19-3-1-2-10-27(19)13-14-4-6-16(7-5-14)25-21(30)15-11-18-20(24-12-15)28(17-8-9-17)23(32)26-22(18)31/h1-7,10-12,17H,8-9,13H2,(H,25,30)(H,26,31,32). The van der Waals surface area contributed by atoms with Crippen molar-refractivity contribution in [3.05, 3.63) is 103 Å². The number of nitrogens with one attached hydrogen (secondary N) is 2. The van der Waals surface area contributed by atoms with Crippen molar-refractivity contribution >= 4 is 22.6 Å². The molecule has 5 rings (SSSR count). The molecule has 3 aromatic heterocycles. The average molecular weight is 429 g/mol. The zero-order chi connectivity index (χ0) is 22.2. The van der Waals surface area contributed by atoms with Crippen LogP contribution in [-0.2, 0) is 6.54 Å². The Kier molecular flexibility index (Phi) is 4.78. The van der Waals surface area contributed by atoms with E-state index in [4.69, 9.17) is 0 Å². The molecule has 0 atom stereocenters. The molecular weight excluding hydrogens is 410 g/mol. The van der Waals surface area contributed by atoms with Crippen LogP contribution in [0.15, 0.2) is 75.3 Å².